The summed E-state index contributed by atoms with van der Waals surface area (Å²) in [6.07, 6.45) is 13.0. The molecule has 0 aromatic rings. The number of hydrogen-bond donors (Lipinski definition) is 1. The zero-order valence-corrected chi connectivity index (χ0v) is 24.4. The van der Waals surface area contributed by atoms with E-state index in [4.69, 9.17) is 14.2 Å². The van der Waals surface area contributed by atoms with Gasteiger partial charge < -0.3 is 19.5 Å². The zero-order chi connectivity index (χ0) is 26.4. The van der Waals surface area contributed by atoms with Crippen molar-refractivity contribution in [2.75, 3.05) is 6.61 Å². The summed E-state index contributed by atoms with van der Waals surface area (Å²) in [7, 11) is 0. The third-order valence-electron chi connectivity index (χ3n) is 12.1. The fourth-order valence-electron chi connectivity index (χ4n) is 10.2. The number of nitrogens with one attached hydrogen (secondary N) is 1. The van der Waals surface area contributed by atoms with Crippen LogP contribution in [0, 0.1) is 46.3 Å². The van der Waals surface area contributed by atoms with Crippen LogP contribution in [0.25, 0.3) is 0 Å². The molecule has 11 atom stereocenters. The van der Waals surface area contributed by atoms with Gasteiger partial charge in [0.05, 0.1) is 12.7 Å². The highest BCUT2D eigenvalue weighted by Crippen LogP contribution is 2.70. The van der Waals surface area contributed by atoms with Crippen molar-refractivity contribution in [1.82, 2.24) is 5.32 Å². The highest BCUT2D eigenvalue weighted by Gasteiger charge is 2.68. The van der Waals surface area contributed by atoms with Crippen molar-refractivity contribution in [3.05, 3.63) is 11.6 Å². The molecule has 2 heterocycles. The summed E-state index contributed by atoms with van der Waals surface area (Å²) in [6.45, 7) is 16.7. The molecular formula is C32H51NO4. The van der Waals surface area contributed by atoms with Crippen LogP contribution in [-0.2, 0) is 14.2 Å². The summed E-state index contributed by atoms with van der Waals surface area (Å²) in [4.78, 5) is 12.4. The van der Waals surface area contributed by atoms with E-state index in [1.54, 1.807) is 5.57 Å². The Hall–Kier alpha value is -1.07. The summed E-state index contributed by atoms with van der Waals surface area (Å²) in [5.41, 5.74) is 1.89. The number of ether oxygens (including phenoxy) is 3. The molecule has 1 spiro atoms. The van der Waals surface area contributed by atoms with Crippen LogP contribution in [0.2, 0.25) is 0 Å². The van der Waals surface area contributed by atoms with Crippen molar-refractivity contribution in [2.24, 2.45) is 46.3 Å². The summed E-state index contributed by atoms with van der Waals surface area (Å²) in [5.74, 6) is 3.66. The van der Waals surface area contributed by atoms with E-state index in [1.807, 2.05) is 20.8 Å². The van der Waals surface area contributed by atoms with E-state index >= 15 is 0 Å². The number of allylic oxidation sites excluding steroid dienone is 1. The fraction of sp³-hybridized carbons (Fsp3) is 0.906. The number of carbonyl (C=O) groups excluding carboxylic acids is 1. The van der Waals surface area contributed by atoms with Crippen LogP contribution in [-0.4, -0.2) is 36.2 Å². The Labute approximate surface area is 224 Å². The molecule has 6 aliphatic rings. The number of amides is 1. The van der Waals surface area contributed by atoms with Crippen molar-refractivity contribution in [1.29, 1.82) is 0 Å². The summed E-state index contributed by atoms with van der Waals surface area (Å²) in [6, 6.07) is 0. The Morgan fingerprint density at radius 2 is 1.86 bits per heavy atom. The monoisotopic (exact) mass is 513 g/mol. The maximum atomic E-state index is 12.4. The molecule has 5 heteroatoms. The molecule has 1 amide bonds. The minimum absolute atomic E-state index is 0.00145. The lowest BCUT2D eigenvalue weighted by molar-refractivity contribution is -0.272. The van der Waals surface area contributed by atoms with Crippen LogP contribution in [0.1, 0.15) is 106 Å². The maximum absolute atomic E-state index is 12.4. The molecule has 0 aromatic carbocycles. The lowest BCUT2D eigenvalue weighted by Gasteiger charge is -2.58. The standard InChI is InChI=1S/C32H51NO4/c1-19-10-15-32(35-18-19)20(2)27-26(37-32)17-25-23-9-8-21-16-22(36-28(34)33-29(3,4)5)11-13-30(21,6)24(23)12-14-31(25,27)7/h8,19-20,22-27H,9-18H2,1-7H3,(H,33,34)/t19-,20+,22+,23-,24+,25+,26+,27+,30+,31+,32-/m1/s1. The van der Waals surface area contributed by atoms with Crippen LogP contribution in [0.15, 0.2) is 11.6 Å². The van der Waals surface area contributed by atoms with Gasteiger partial charge in [0.15, 0.2) is 5.79 Å². The van der Waals surface area contributed by atoms with E-state index in [0.717, 1.165) is 50.0 Å². The molecule has 37 heavy (non-hydrogen) atoms. The smallest absolute Gasteiger partial charge is 0.407 e. The highest BCUT2D eigenvalue weighted by molar-refractivity contribution is 5.68. The molecule has 208 valence electrons. The number of fused-ring (bicyclic) bond motifs is 7. The van der Waals surface area contributed by atoms with Gasteiger partial charge in [-0.25, -0.2) is 4.79 Å². The summed E-state index contributed by atoms with van der Waals surface area (Å²) >= 11 is 0. The van der Waals surface area contributed by atoms with Gasteiger partial charge in [-0.05, 0) is 106 Å². The number of carbonyl (C=O) groups is 1. The molecule has 2 saturated heterocycles. The molecule has 5 nitrogen and oxygen atoms in total. The molecule has 3 saturated carbocycles. The SMILES string of the molecule is C[C@@H]1CC[C@@]2(OC1)O[C@H]1C[C@H]3[C@@H]4CC=C5C[C@@H](OC(=O)NC(C)(C)C)CC[C@]5(C)[C@H]4CC[C@]3(C)[C@H]1[C@@H]2C. The average molecular weight is 514 g/mol. The Bertz CT molecular complexity index is 945. The molecule has 0 radical (unpaired) electrons. The van der Waals surface area contributed by atoms with Crippen LogP contribution >= 0.6 is 0 Å². The Morgan fingerprint density at radius 1 is 1.08 bits per heavy atom. The van der Waals surface area contributed by atoms with Crippen molar-refractivity contribution in [2.45, 2.75) is 130 Å². The van der Waals surface area contributed by atoms with Gasteiger partial charge in [0.2, 0.25) is 0 Å². The molecule has 2 aliphatic heterocycles. The zero-order valence-electron chi connectivity index (χ0n) is 24.4. The molecule has 0 bridgehead atoms. The lowest BCUT2D eigenvalue weighted by Crippen LogP contribution is -2.52. The van der Waals surface area contributed by atoms with E-state index in [-0.39, 0.29) is 28.9 Å². The van der Waals surface area contributed by atoms with Gasteiger partial charge in [-0.3, -0.25) is 0 Å². The van der Waals surface area contributed by atoms with Crippen LogP contribution < -0.4 is 5.32 Å². The van der Waals surface area contributed by atoms with Crippen molar-refractivity contribution in [3.8, 4) is 0 Å². The first-order valence-electron chi connectivity index (χ1n) is 15.3. The van der Waals surface area contributed by atoms with Crippen molar-refractivity contribution in [3.63, 3.8) is 0 Å². The van der Waals surface area contributed by atoms with E-state index in [9.17, 15) is 4.79 Å². The summed E-state index contributed by atoms with van der Waals surface area (Å²) < 4.78 is 19.3. The van der Waals surface area contributed by atoms with Crippen LogP contribution in [0.5, 0.6) is 0 Å². The van der Waals surface area contributed by atoms with Gasteiger partial charge in [-0.1, -0.05) is 39.3 Å². The number of alkyl carbamates (subject to hydrolysis) is 1. The second kappa shape index (κ2) is 8.71. The quantitative estimate of drug-likeness (QED) is 0.375. The van der Waals surface area contributed by atoms with E-state index in [1.165, 1.54) is 32.1 Å². The number of hydrogen-bond acceptors (Lipinski definition) is 4. The first-order chi connectivity index (χ1) is 17.3. The third-order valence-corrected chi connectivity index (χ3v) is 12.1. The third kappa shape index (κ3) is 4.12. The predicted octanol–water partition coefficient (Wildman–Crippen LogP) is 7.25. The van der Waals surface area contributed by atoms with Crippen molar-refractivity contribution < 1.29 is 19.0 Å². The maximum Gasteiger partial charge on any atom is 0.407 e. The minimum Gasteiger partial charge on any atom is -0.446 e. The summed E-state index contributed by atoms with van der Waals surface area (Å²) in [5, 5.41) is 2.97. The fourth-order valence-corrected chi connectivity index (χ4v) is 10.2. The minimum atomic E-state index is -0.323. The van der Waals surface area contributed by atoms with Gasteiger partial charge in [-0.15, -0.1) is 0 Å². The molecule has 5 fully saturated rings. The van der Waals surface area contributed by atoms with Gasteiger partial charge in [-0.2, -0.15) is 0 Å². The predicted molar refractivity (Wildman–Crippen MR) is 145 cm³/mol. The Morgan fingerprint density at radius 3 is 2.57 bits per heavy atom. The average Bonchev–Trinajstić information content (AvgIpc) is 3.25. The van der Waals surface area contributed by atoms with E-state index < -0.39 is 0 Å². The first kappa shape index (κ1) is 26.2. The highest BCUT2D eigenvalue weighted by atomic mass is 16.7. The molecule has 1 N–H and O–H groups in total. The lowest BCUT2D eigenvalue weighted by atomic mass is 9.47. The number of rotatable bonds is 1. The molecule has 0 unspecified atom stereocenters. The van der Waals surface area contributed by atoms with E-state index in [0.29, 0.717) is 29.3 Å². The van der Waals surface area contributed by atoms with Gasteiger partial charge >= 0.3 is 6.09 Å². The van der Waals surface area contributed by atoms with Crippen LogP contribution in [0.3, 0.4) is 0 Å². The first-order valence-corrected chi connectivity index (χ1v) is 15.3. The Balaban J connectivity index is 1.17. The van der Waals surface area contributed by atoms with Gasteiger partial charge in [0.1, 0.15) is 6.10 Å². The second-order valence-corrected chi connectivity index (χ2v) is 15.4. The van der Waals surface area contributed by atoms with Crippen LogP contribution in [0.4, 0.5) is 4.79 Å². The second-order valence-electron chi connectivity index (χ2n) is 15.4. The van der Waals surface area contributed by atoms with Crippen molar-refractivity contribution >= 4 is 6.09 Å². The Kier molecular flexibility index (Phi) is 6.16. The molecule has 0 aromatic heterocycles. The molecule has 6 rings (SSSR count). The normalized spacial score (nSPS) is 50.9. The largest absolute Gasteiger partial charge is 0.446 e. The topological polar surface area (TPSA) is 56.8 Å². The van der Waals surface area contributed by atoms with Gasteiger partial charge in [0.25, 0.3) is 0 Å². The molecular weight excluding hydrogens is 462 g/mol. The van der Waals surface area contributed by atoms with Gasteiger partial charge in [0, 0.05) is 24.3 Å². The van der Waals surface area contributed by atoms with E-state index in [2.05, 4.69) is 39.1 Å². The molecule has 4 aliphatic carbocycles.